The molecule has 2 aliphatic rings. The van der Waals surface area contributed by atoms with E-state index in [1.54, 1.807) is 11.8 Å². The lowest BCUT2D eigenvalue weighted by molar-refractivity contribution is -0.130. The van der Waals surface area contributed by atoms with Gasteiger partial charge in [0.15, 0.2) is 0 Å². The Bertz CT molecular complexity index is 1790. The number of ether oxygens (including phenoxy) is 2. The Balaban J connectivity index is 1.02. The first-order chi connectivity index (χ1) is 25.8. The summed E-state index contributed by atoms with van der Waals surface area (Å²) in [6.45, 7) is 1.39. The van der Waals surface area contributed by atoms with Crippen LogP contribution in [0.2, 0.25) is 10.0 Å². The van der Waals surface area contributed by atoms with Crippen LogP contribution in [0.3, 0.4) is 0 Å². The summed E-state index contributed by atoms with van der Waals surface area (Å²) in [4.78, 5) is 20.8. The summed E-state index contributed by atoms with van der Waals surface area (Å²) in [5.74, 6) is 1.76. The number of aryl methyl sites for hydroxylation is 1. The molecular weight excluding hydrogens is 727 g/mol. The first-order valence-electron chi connectivity index (χ1n) is 18.9. The van der Waals surface area contributed by atoms with Gasteiger partial charge in [-0.05, 0) is 117 Å². The first kappa shape index (κ1) is 39.6. The van der Waals surface area contributed by atoms with Gasteiger partial charge < -0.3 is 24.6 Å². The molecular formula is C43H50Cl2N2O5S. The Hall–Kier alpha value is -3.11. The third-order valence-corrected chi connectivity index (χ3v) is 11.7. The number of para-hydroxylation sites is 1. The number of hydrogen-bond donors (Lipinski definition) is 2. The molecule has 1 aromatic heterocycles. The van der Waals surface area contributed by atoms with Gasteiger partial charge in [0.05, 0.1) is 31.0 Å². The van der Waals surface area contributed by atoms with Crippen molar-refractivity contribution in [3.8, 4) is 16.9 Å². The van der Waals surface area contributed by atoms with Gasteiger partial charge in [0, 0.05) is 63.7 Å². The van der Waals surface area contributed by atoms with Gasteiger partial charge >= 0.3 is 0 Å². The summed E-state index contributed by atoms with van der Waals surface area (Å²) in [5, 5.41) is 20.2. The zero-order chi connectivity index (χ0) is 37.0. The molecule has 2 aliphatic carbocycles. The maximum atomic E-state index is 13.3. The molecule has 1 amide bonds. The Labute approximate surface area is 328 Å². The molecule has 53 heavy (non-hydrogen) atoms. The van der Waals surface area contributed by atoms with Crippen LogP contribution in [0.1, 0.15) is 80.9 Å². The lowest BCUT2D eigenvalue weighted by Gasteiger charge is -2.23. The van der Waals surface area contributed by atoms with E-state index in [4.69, 9.17) is 37.8 Å². The zero-order valence-corrected chi connectivity index (χ0v) is 32.6. The number of halogens is 2. The van der Waals surface area contributed by atoms with Crippen molar-refractivity contribution in [2.24, 2.45) is 0 Å². The van der Waals surface area contributed by atoms with Gasteiger partial charge in [-0.3, -0.25) is 9.78 Å². The predicted octanol–water partition coefficient (Wildman–Crippen LogP) is 9.66. The lowest BCUT2D eigenvalue weighted by Crippen LogP contribution is -2.33. The first-order valence-corrected chi connectivity index (χ1v) is 20.7. The highest BCUT2D eigenvalue weighted by atomic mass is 35.5. The molecule has 2 N–H and O–H groups in total. The lowest BCUT2D eigenvalue weighted by atomic mass is 9.96. The summed E-state index contributed by atoms with van der Waals surface area (Å²) in [6.07, 6.45) is 12.3. The molecule has 0 aliphatic heterocycles. The number of amides is 1. The zero-order valence-electron chi connectivity index (χ0n) is 30.2. The van der Waals surface area contributed by atoms with Gasteiger partial charge in [0.2, 0.25) is 5.91 Å². The van der Waals surface area contributed by atoms with Crippen molar-refractivity contribution in [1.82, 2.24) is 9.88 Å². The number of nitrogens with zero attached hydrogens (tertiary/aromatic N) is 2. The monoisotopic (exact) mass is 776 g/mol. The molecule has 0 radical (unpaired) electrons. The van der Waals surface area contributed by atoms with Crippen molar-refractivity contribution < 1.29 is 24.5 Å². The van der Waals surface area contributed by atoms with Crippen LogP contribution in [0, 0.1) is 0 Å². The number of pyridine rings is 1. The van der Waals surface area contributed by atoms with Crippen molar-refractivity contribution in [2.75, 3.05) is 25.4 Å². The van der Waals surface area contributed by atoms with Gasteiger partial charge in [-0.25, -0.2) is 0 Å². The molecule has 0 saturated heterocycles. The molecule has 6 rings (SSSR count). The summed E-state index contributed by atoms with van der Waals surface area (Å²) in [6, 6.07) is 24.3. The van der Waals surface area contributed by atoms with Crippen LogP contribution in [0.4, 0.5) is 0 Å². The molecule has 0 bridgehead atoms. The standard InChI is InChI=1S/C43H50Cl2N2O5S/c44-39-27-32(30-51-43(20-21-43)38-28-46-22-18-36(38)37-14-4-5-15-41(37)52-34-16-17-34)40(45)26-31(39)10-6-8-23-47(24-9-7-11-33(49)29-48)42(50)19-25-53-35-12-2-1-3-13-35/h1-5,12-15,18,22,26-28,33-34,48-49H,6-11,16-17,19-21,23-25,29-30H2. The number of carbonyl (C=O) groups is 1. The van der Waals surface area contributed by atoms with E-state index in [1.807, 2.05) is 65.8 Å². The third kappa shape index (κ3) is 11.5. The van der Waals surface area contributed by atoms with E-state index in [9.17, 15) is 9.90 Å². The molecule has 10 heteroatoms. The normalized spacial score (nSPS) is 15.2. The molecule has 1 atom stereocenters. The van der Waals surface area contributed by atoms with Crippen molar-refractivity contribution in [3.63, 3.8) is 0 Å². The van der Waals surface area contributed by atoms with Gasteiger partial charge in [-0.15, -0.1) is 11.8 Å². The van der Waals surface area contributed by atoms with Gasteiger partial charge in [-0.1, -0.05) is 59.6 Å². The Kier molecular flexibility index (Phi) is 14.5. The van der Waals surface area contributed by atoms with E-state index in [-0.39, 0.29) is 12.5 Å². The maximum Gasteiger partial charge on any atom is 0.223 e. The minimum atomic E-state index is -0.709. The van der Waals surface area contributed by atoms with E-state index in [0.717, 1.165) is 102 Å². The fourth-order valence-corrected chi connectivity index (χ4v) is 7.97. The number of unbranched alkanes of at least 4 members (excludes halogenated alkanes) is 2. The number of rotatable bonds is 22. The minimum absolute atomic E-state index is 0.143. The topological polar surface area (TPSA) is 92.1 Å². The maximum absolute atomic E-state index is 13.3. The average Bonchev–Trinajstić information content (AvgIpc) is 4.13. The van der Waals surface area contributed by atoms with Crippen LogP contribution in [0.15, 0.2) is 90.1 Å². The fraction of sp³-hybridized carbons (Fsp3) is 0.442. The number of benzene rings is 3. The molecule has 1 unspecified atom stereocenters. The largest absolute Gasteiger partial charge is 0.490 e. The summed E-state index contributed by atoms with van der Waals surface area (Å²) >= 11 is 15.4. The second-order valence-corrected chi connectivity index (χ2v) is 16.1. The highest BCUT2D eigenvalue weighted by Crippen LogP contribution is 2.53. The number of carbonyl (C=O) groups excluding carboxylic acids is 1. The molecule has 7 nitrogen and oxygen atoms in total. The summed E-state index contributed by atoms with van der Waals surface area (Å²) in [5.41, 5.74) is 4.61. The Morgan fingerprint density at radius 2 is 1.64 bits per heavy atom. The molecule has 2 fully saturated rings. The SMILES string of the molecule is O=C(CCSc1ccccc1)N(CCCCc1cc(Cl)c(COC2(c3cnccc3-c3ccccc3OC3CC3)CC2)cc1Cl)CCCCC(O)CO. The van der Waals surface area contributed by atoms with Crippen LogP contribution in [-0.4, -0.2) is 63.7 Å². The smallest absolute Gasteiger partial charge is 0.223 e. The van der Waals surface area contributed by atoms with Crippen molar-refractivity contribution in [2.45, 2.75) is 99.9 Å². The van der Waals surface area contributed by atoms with Gasteiger partial charge in [0.1, 0.15) is 5.75 Å². The van der Waals surface area contributed by atoms with Crippen LogP contribution in [0.25, 0.3) is 11.1 Å². The van der Waals surface area contributed by atoms with E-state index in [0.29, 0.717) is 48.7 Å². The Morgan fingerprint density at radius 3 is 2.40 bits per heavy atom. The summed E-state index contributed by atoms with van der Waals surface area (Å²) in [7, 11) is 0. The molecule has 1 heterocycles. The predicted molar refractivity (Wildman–Crippen MR) is 214 cm³/mol. The molecule has 0 spiro atoms. The van der Waals surface area contributed by atoms with Crippen molar-refractivity contribution in [3.05, 3.63) is 112 Å². The number of hydrogen-bond acceptors (Lipinski definition) is 7. The molecule has 2 saturated carbocycles. The average molecular weight is 778 g/mol. The molecule has 3 aromatic carbocycles. The number of aliphatic hydroxyl groups is 2. The number of aliphatic hydroxyl groups excluding tert-OH is 2. The van der Waals surface area contributed by atoms with E-state index in [2.05, 4.69) is 29.2 Å². The van der Waals surface area contributed by atoms with Crippen LogP contribution in [-0.2, 0) is 28.2 Å². The second-order valence-electron chi connectivity index (χ2n) is 14.1. The van der Waals surface area contributed by atoms with Gasteiger partial charge in [0.25, 0.3) is 0 Å². The van der Waals surface area contributed by atoms with E-state index < -0.39 is 11.7 Å². The summed E-state index contributed by atoms with van der Waals surface area (Å²) < 4.78 is 12.9. The van der Waals surface area contributed by atoms with E-state index in [1.165, 1.54) is 0 Å². The number of aromatic nitrogens is 1. The van der Waals surface area contributed by atoms with Crippen molar-refractivity contribution in [1.29, 1.82) is 0 Å². The molecule has 282 valence electrons. The van der Waals surface area contributed by atoms with Crippen LogP contribution >= 0.6 is 35.0 Å². The third-order valence-electron chi connectivity index (χ3n) is 9.96. The minimum Gasteiger partial charge on any atom is -0.490 e. The highest BCUT2D eigenvalue weighted by Gasteiger charge is 2.48. The van der Waals surface area contributed by atoms with Gasteiger partial charge in [-0.2, -0.15) is 0 Å². The quantitative estimate of drug-likeness (QED) is 0.0607. The highest BCUT2D eigenvalue weighted by molar-refractivity contribution is 7.99. The molecule has 4 aromatic rings. The van der Waals surface area contributed by atoms with E-state index >= 15 is 0 Å². The fourth-order valence-electron chi connectivity index (χ4n) is 6.59. The second kappa shape index (κ2) is 19.5. The Morgan fingerprint density at radius 1 is 0.925 bits per heavy atom. The van der Waals surface area contributed by atoms with Crippen molar-refractivity contribution >= 4 is 40.9 Å². The number of thioether (sulfide) groups is 1. The van der Waals surface area contributed by atoms with Crippen LogP contribution in [0.5, 0.6) is 5.75 Å². The van der Waals surface area contributed by atoms with Crippen LogP contribution < -0.4 is 4.74 Å².